The molecule has 1 aromatic rings. The fourth-order valence-corrected chi connectivity index (χ4v) is 2.74. The maximum absolute atomic E-state index is 11.4. The first-order chi connectivity index (χ1) is 9.06. The smallest absolute Gasteiger partial charge is 0.219 e. The predicted molar refractivity (Wildman–Crippen MR) is 78.0 cm³/mol. The molecule has 1 fully saturated rings. The maximum Gasteiger partial charge on any atom is 0.219 e. The fraction of sp³-hybridized carbons (Fsp3) is 0.500. The Balaban J connectivity index is 1.99. The Labute approximate surface area is 122 Å². The number of phenols is 1. The van der Waals surface area contributed by atoms with Gasteiger partial charge in [-0.25, -0.2) is 0 Å². The average molecular weight is 327 g/mol. The van der Waals surface area contributed by atoms with E-state index in [-0.39, 0.29) is 5.91 Å². The molecule has 1 heterocycles. The number of rotatable bonds is 2. The molecule has 0 saturated carbocycles. The molecular weight excluding hydrogens is 308 g/mol. The number of nitrogens with zero attached hydrogens (tertiary/aromatic N) is 2. The van der Waals surface area contributed by atoms with Crippen molar-refractivity contribution in [2.45, 2.75) is 19.9 Å². The number of halogens is 1. The molecule has 104 valence electrons. The molecule has 0 atom stereocenters. The molecule has 19 heavy (non-hydrogen) atoms. The van der Waals surface area contributed by atoms with E-state index in [0.717, 1.165) is 49.2 Å². The van der Waals surface area contributed by atoms with Gasteiger partial charge in [0.2, 0.25) is 5.91 Å². The van der Waals surface area contributed by atoms with Gasteiger partial charge < -0.3 is 10.0 Å². The topological polar surface area (TPSA) is 43.8 Å². The van der Waals surface area contributed by atoms with Crippen LogP contribution in [0, 0.1) is 0 Å². The number of carbonyl (C=O) groups is 1. The predicted octanol–water partition coefficient (Wildman–Crippen LogP) is 2.21. The number of phenolic OH excluding ortho intramolecular Hbond substituents is 1. The molecule has 1 aliphatic heterocycles. The standard InChI is InChI=1S/C14H19BrN2O2/c1-11(18)17-6-2-5-16(7-8-17)10-12-9-13(19)3-4-14(12)15/h3-4,9,19H,2,5-8,10H2,1H3. The van der Waals surface area contributed by atoms with Crippen LogP contribution in [0.1, 0.15) is 18.9 Å². The molecule has 5 heteroatoms. The largest absolute Gasteiger partial charge is 0.508 e. The van der Waals surface area contributed by atoms with E-state index in [0.29, 0.717) is 5.75 Å². The molecule has 2 rings (SSSR count). The zero-order chi connectivity index (χ0) is 13.8. The molecule has 0 radical (unpaired) electrons. The van der Waals surface area contributed by atoms with Crippen molar-refractivity contribution in [3.05, 3.63) is 28.2 Å². The first-order valence-corrected chi connectivity index (χ1v) is 7.31. The Kier molecular flexibility index (Phi) is 4.82. The number of aromatic hydroxyl groups is 1. The summed E-state index contributed by atoms with van der Waals surface area (Å²) < 4.78 is 1.01. The number of benzene rings is 1. The van der Waals surface area contributed by atoms with E-state index >= 15 is 0 Å². The highest BCUT2D eigenvalue weighted by molar-refractivity contribution is 9.10. The van der Waals surface area contributed by atoms with Crippen LogP contribution in [0.25, 0.3) is 0 Å². The minimum Gasteiger partial charge on any atom is -0.508 e. The molecule has 1 N–H and O–H groups in total. The highest BCUT2D eigenvalue weighted by atomic mass is 79.9. The lowest BCUT2D eigenvalue weighted by Gasteiger charge is -2.21. The Morgan fingerprint density at radius 1 is 1.32 bits per heavy atom. The number of amides is 1. The van der Waals surface area contributed by atoms with Gasteiger partial charge in [-0.1, -0.05) is 15.9 Å². The van der Waals surface area contributed by atoms with Crippen LogP contribution < -0.4 is 0 Å². The highest BCUT2D eigenvalue weighted by Gasteiger charge is 2.17. The molecule has 4 nitrogen and oxygen atoms in total. The number of carbonyl (C=O) groups excluding carboxylic acids is 1. The van der Waals surface area contributed by atoms with E-state index in [1.165, 1.54) is 0 Å². The normalized spacial score (nSPS) is 17.3. The van der Waals surface area contributed by atoms with Crippen LogP contribution >= 0.6 is 15.9 Å². The quantitative estimate of drug-likeness (QED) is 0.906. The monoisotopic (exact) mass is 326 g/mol. The molecule has 0 bridgehead atoms. The third-order valence-electron chi connectivity index (χ3n) is 3.46. The van der Waals surface area contributed by atoms with Crippen LogP contribution in [0.5, 0.6) is 5.75 Å². The van der Waals surface area contributed by atoms with Gasteiger partial charge in [0.05, 0.1) is 0 Å². The second-order valence-corrected chi connectivity index (χ2v) is 5.77. The fourth-order valence-electron chi connectivity index (χ4n) is 2.37. The van der Waals surface area contributed by atoms with Crippen LogP contribution in [0.4, 0.5) is 0 Å². The summed E-state index contributed by atoms with van der Waals surface area (Å²) in [5, 5.41) is 9.55. The van der Waals surface area contributed by atoms with E-state index in [1.807, 2.05) is 11.0 Å². The second kappa shape index (κ2) is 6.39. The molecule has 0 unspecified atom stereocenters. The van der Waals surface area contributed by atoms with Crippen LogP contribution in [0.15, 0.2) is 22.7 Å². The third-order valence-corrected chi connectivity index (χ3v) is 4.23. The van der Waals surface area contributed by atoms with Gasteiger partial charge in [0.15, 0.2) is 0 Å². The van der Waals surface area contributed by atoms with Crippen LogP contribution in [0.3, 0.4) is 0 Å². The summed E-state index contributed by atoms with van der Waals surface area (Å²) in [5.74, 6) is 0.443. The summed E-state index contributed by atoms with van der Waals surface area (Å²) >= 11 is 3.51. The van der Waals surface area contributed by atoms with Gasteiger partial charge in [-0.05, 0) is 30.2 Å². The molecule has 1 amide bonds. The van der Waals surface area contributed by atoms with Gasteiger partial charge in [0, 0.05) is 44.1 Å². The van der Waals surface area contributed by atoms with Crippen molar-refractivity contribution in [3.8, 4) is 5.75 Å². The van der Waals surface area contributed by atoms with Crippen LogP contribution in [-0.2, 0) is 11.3 Å². The lowest BCUT2D eigenvalue weighted by molar-refractivity contribution is -0.128. The molecule has 0 aromatic heterocycles. The Morgan fingerprint density at radius 3 is 2.84 bits per heavy atom. The summed E-state index contributed by atoms with van der Waals surface area (Å²) in [7, 11) is 0. The van der Waals surface area contributed by atoms with E-state index in [2.05, 4.69) is 20.8 Å². The number of hydrogen-bond donors (Lipinski definition) is 1. The van der Waals surface area contributed by atoms with Crippen molar-refractivity contribution in [2.24, 2.45) is 0 Å². The maximum atomic E-state index is 11.4. The van der Waals surface area contributed by atoms with Gasteiger partial charge in [0.1, 0.15) is 5.75 Å². The lowest BCUT2D eigenvalue weighted by Crippen LogP contribution is -2.33. The van der Waals surface area contributed by atoms with Crippen molar-refractivity contribution in [1.29, 1.82) is 0 Å². The van der Waals surface area contributed by atoms with Gasteiger partial charge >= 0.3 is 0 Å². The summed E-state index contributed by atoms with van der Waals surface area (Å²) in [6, 6.07) is 5.33. The highest BCUT2D eigenvalue weighted by Crippen LogP contribution is 2.23. The summed E-state index contributed by atoms with van der Waals surface area (Å²) in [4.78, 5) is 15.6. The zero-order valence-electron chi connectivity index (χ0n) is 11.1. The summed E-state index contributed by atoms with van der Waals surface area (Å²) in [6.07, 6.45) is 0.996. The van der Waals surface area contributed by atoms with E-state index in [1.54, 1.807) is 19.1 Å². The molecular formula is C14H19BrN2O2. The first kappa shape index (κ1) is 14.3. The third kappa shape index (κ3) is 3.94. The van der Waals surface area contributed by atoms with E-state index in [9.17, 15) is 9.90 Å². The van der Waals surface area contributed by atoms with Gasteiger partial charge in [-0.3, -0.25) is 9.69 Å². The minimum atomic E-state index is 0.153. The molecule has 1 aliphatic rings. The summed E-state index contributed by atoms with van der Waals surface area (Å²) in [5.41, 5.74) is 1.08. The molecule has 1 saturated heterocycles. The number of hydrogen-bond acceptors (Lipinski definition) is 3. The minimum absolute atomic E-state index is 0.153. The molecule has 1 aromatic carbocycles. The average Bonchev–Trinajstić information content (AvgIpc) is 2.59. The second-order valence-electron chi connectivity index (χ2n) is 4.91. The zero-order valence-corrected chi connectivity index (χ0v) is 12.7. The van der Waals surface area contributed by atoms with Crippen molar-refractivity contribution in [3.63, 3.8) is 0 Å². The Morgan fingerprint density at radius 2 is 2.11 bits per heavy atom. The van der Waals surface area contributed by atoms with Crippen molar-refractivity contribution < 1.29 is 9.90 Å². The summed E-state index contributed by atoms with van der Waals surface area (Å²) in [6.45, 7) is 5.90. The van der Waals surface area contributed by atoms with Gasteiger partial charge in [0.25, 0.3) is 0 Å². The van der Waals surface area contributed by atoms with Gasteiger partial charge in [-0.2, -0.15) is 0 Å². The van der Waals surface area contributed by atoms with E-state index < -0.39 is 0 Å². The first-order valence-electron chi connectivity index (χ1n) is 6.51. The van der Waals surface area contributed by atoms with Crippen molar-refractivity contribution in [2.75, 3.05) is 26.2 Å². The lowest BCUT2D eigenvalue weighted by atomic mass is 10.2. The van der Waals surface area contributed by atoms with Crippen LogP contribution in [-0.4, -0.2) is 47.0 Å². The molecule has 0 aliphatic carbocycles. The molecule has 0 spiro atoms. The Bertz CT molecular complexity index is 465. The van der Waals surface area contributed by atoms with Crippen molar-refractivity contribution in [1.82, 2.24) is 9.80 Å². The van der Waals surface area contributed by atoms with Crippen molar-refractivity contribution >= 4 is 21.8 Å². The van der Waals surface area contributed by atoms with Gasteiger partial charge in [-0.15, -0.1) is 0 Å². The van der Waals surface area contributed by atoms with E-state index in [4.69, 9.17) is 0 Å². The Hall–Kier alpha value is -1.07. The van der Waals surface area contributed by atoms with Crippen LogP contribution in [0.2, 0.25) is 0 Å². The SMILES string of the molecule is CC(=O)N1CCCN(Cc2cc(O)ccc2Br)CC1.